The number of para-hydroxylation sites is 1. The molecule has 0 amide bonds. The molecule has 0 atom stereocenters. The lowest BCUT2D eigenvalue weighted by molar-refractivity contribution is 0.833. The molecule has 0 radical (unpaired) electrons. The number of unbranched alkanes of at least 4 members (excludes halogenated alkanes) is 1. The summed E-state index contributed by atoms with van der Waals surface area (Å²) >= 11 is 1.73. The van der Waals surface area contributed by atoms with Crippen LogP contribution in [-0.4, -0.2) is 16.5 Å². The number of rotatable bonds is 7. The zero-order chi connectivity index (χ0) is 12.6. The van der Waals surface area contributed by atoms with Crippen molar-refractivity contribution in [3.63, 3.8) is 0 Å². The largest absolute Gasteiger partial charge is 0.385 e. The van der Waals surface area contributed by atoms with Gasteiger partial charge in [0, 0.05) is 30.4 Å². The van der Waals surface area contributed by atoms with Crippen LogP contribution in [0.25, 0.3) is 0 Å². The van der Waals surface area contributed by atoms with Gasteiger partial charge in [0.25, 0.3) is 0 Å². The Balaban J connectivity index is 1.94. The molecule has 0 saturated carbocycles. The van der Waals surface area contributed by atoms with Gasteiger partial charge < -0.3 is 10.3 Å². The molecule has 0 aliphatic heterocycles. The van der Waals surface area contributed by atoms with Gasteiger partial charge in [0.1, 0.15) is 0 Å². The molecular weight excluding hydrogens is 242 g/mol. The van der Waals surface area contributed by atoms with Gasteiger partial charge in [0.15, 0.2) is 5.16 Å². The second kappa shape index (κ2) is 7.11. The maximum Gasteiger partial charge on any atom is 0.165 e. The highest BCUT2D eigenvalue weighted by Crippen LogP contribution is 2.24. The Labute approximate surface area is 112 Å². The standard InChI is InChI=1S/C14H19N3S/c1-2-3-8-15-13-7-5-4-6-12(13)11-18-14-16-9-10-17-14/h4-7,9-10,15H,2-3,8,11H2,1H3,(H,16,17). The number of anilines is 1. The van der Waals surface area contributed by atoms with E-state index < -0.39 is 0 Å². The molecule has 4 heteroatoms. The zero-order valence-corrected chi connectivity index (χ0v) is 11.5. The van der Waals surface area contributed by atoms with Crippen molar-refractivity contribution in [1.29, 1.82) is 0 Å². The monoisotopic (exact) mass is 261 g/mol. The Kier molecular flexibility index (Phi) is 5.15. The number of aromatic nitrogens is 2. The molecule has 0 unspecified atom stereocenters. The molecule has 0 spiro atoms. The number of hydrogen-bond acceptors (Lipinski definition) is 3. The van der Waals surface area contributed by atoms with E-state index in [9.17, 15) is 0 Å². The number of benzene rings is 1. The summed E-state index contributed by atoms with van der Waals surface area (Å²) in [7, 11) is 0. The first-order chi connectivity index (χ1) is 8.90. The van der Waals surface area contributed by atoms with Crippen LogP contribution in [0.4, 0.5) is 5.69 Å². The molecule has 1 heterocycles. The number of hydrogen-bond donors (Lipinski definition) is 2. The van der Waals surface area contributed by atoms with Crippen LogP contribution in [0, 0.1) is 0 Å². The van der Waals surface area contributed by atoms with Gasteiger partial charge >= 0.3 is 0 Å². The topological polar surface area (TPSA) is 40.7 Å². The summed E-state index contributed by atoms with van der Waals surface area (Å²) in [5, 5.41) is 4.47. The SMILES string of the molecule is CCCCNc1ccccc1CSc1ncc[nH]1. The first kappa shape index (κ1) is 13.0. The minimum absolute atomic E-state index is 0.933. The molecule has 2 aromatic rings. The molecule has 1 aromatic heterocycles. The molecule has 0 fully saturated rings. The quantitative estimate of drug-likeness (QED) is 0.586. The maximum absolute atomic E-state index is 4.22. The normalized spacial score (nSPS) is 10.5. The fourth-order valence-electron chi connectivity index (χ4n) is 1.69. The number of nitrogens with one attached hydrogen (secondary N) is 2. The van der Waals surface area contributed by atoms with Gasteiger partial charge in [-0.25, -0.2) is 4.98 Å². The van der Waals surface area contributed by atoms with Crippen LogP contribution >= 0.6 is 11.8 Å². The summed E-state index contributed by atoms with van der Waals surface area (Å²) in [6, 6.07) is 8.48. The molecule has 0 aliphatic carbocycles. The van der Waals surface area contributed by atoms with Crippen LogP contribution in [-0.2, 0) is 5.75 Å². The minimum Gasteiger partial charge on any atom is -0.385 e. The van der Waals surface area contributed by atoms with E-state index >= 15 is 0 Å². The third-order valence-electron chi connectivity index (χ3n) is 2.70. The van der Waals surface area contributed by atoms with Crippen LogP contribution in [0.5, 0.6) is 0 Å². The Morgan fingerprint density at radius 3 is 3.00 bits per heavy atom. The molecule has 1 aromatic carbocycles. The van der Waals surface area contributed by atoms with Crippen molar-refractivity contribution < 1.29 is 0 Å². The van der Waals surface area contributed by atoms with E-state index in [4.69, 9.17) is 0 Å². The van der Waals surface area contributed by atoms with Gasteiger partial charge in [0.05, 0.1) is 0 Å². The van der Waals surface area contributed by atoms with Crippen molar-refractivity contribution >= 4 is 17.4 Å². The Morgan fingerprint density at radius 2 is 2.22 bits per heavy atom. The molecule has 96 valence electrons. The van der Waals surface area contributed by atoms with E-state index in [-0.39, 0.29) is 0 Å². The average molecular weight is 261 g/mol. The predicted octanol–water partition coefficient (Wildman–Crippen LogP) is 3.91. The van der Waals surface area contributed by atoms with E-state index in [1.54, 1.807) is 18.0 Å². The highest BCUT2D eigenvalue weighted by Gasteiger charge is 2.03. The van der Waals surface area contributed by atoms with Crippen molar-refractivity contribution in [2.75, 3.05) is 11.9 Å². The van der Waals surface area contributed by atoms with Gasteiger partial charge in [-0.1, -0.05) is 43.3 Å². The van der Waals surface area contributed by atoms with E-state index in [0.717, 1.165) is 17.5 Å². The van der Waals surface area contributed by atoms with Crippen molar-refractivity contribution in [3.8, 4) is 0 Å². The lowest BCUT2D eigenvalue weighted by Gasteiger charge is -2.10. The third kappa shape index (κ3) is 3.81. The Morgan fingerprint density at radius 1 is 1.33 bits per heavy atom. The van der Waals surface area contributed by atoms with E-state index in [1.807, 2.05) is 6.20 Å². The number of nitrogens with zero attached hydrogens (tertiary/aromatic N) is 1. The molecule has 0 saturated heterocycles. The Bertz CT molecular complexity index is 454. The summed E-state index contributed by atoms with van der Waals surface area (Å²) in [6.07, 6.45) is 6.07. The molecule has 2 rings (SSSR count). The first-order valence-corrected chi connectivity index (χ1v) is 7.32. The molecule has 2 N–H and O–H groups in total. The number of thioether (sulfide) groups is 1. The summed E-state index contributed by atoms with van der Waals surface area (Å²) < 4.78 is 0. The molecule has 0 bridgehead atoms. The van der Waals surface area contributed by atoms with E-state index in [1.165, 1.54) is 24.1 Å². The van der Waals surface area contributed by atoms with Crippen molar-refractivity contribution in [3.05, 3.63) is 42.2 Å². The van der Waals surface area contributed by atoms with Gasteiger partial charge in [0.2, 0.25) is 0 Å². The second-order valence-corrected chi connectivity index (χ2v) is 5.08. The first-order valence-electron chi connectivity index (χ1n) is 6.34. The predicted molar refractivity (Wildman–Crippen MR) is 78.0 cm³/mol. The fourth-order valence-corrected chi connectivity index (χ4v) is 2.53. The molecular formula is C14H19N3S. The van der Waals surface area contributed by atoms with Crippen LogP contribution < -0.4 is 5.32 Å². The maximum atomic E-state index is 4.22. The van der Waals surface area contributed by atoms with Crippen molar-refractivity contribution in [1.82, 2.24) is 9.97 Å². The summed E-state index contributed by atoms with van der Waals surface area (Å²) in [6.45, 7) is 3.25. The zero-order valence-electron chi connectivity index (χ0n) is 10.6. The van der Waals surface area contributed by atoms with Crippen LogP contribution in [0.3, 0.4) is 0 Å². The smallest absolute Gasteiger partial charge is 0.165 e. The molecule has 0 aliphatic rings. The average Bonchev–Trinajstić information content (AvgIpc) is 2.91. The number of aromatic amines is 1. The summed E-state index contributed by atoms with van der Waals surface area (Å²) in [4.78, 5) is 7.33. The molecule has 3 nitrogen and oxygen atoms in total. The molecule has 18 heavy (non-hydrogen) atoms. The minimum atomic E-state index is 0.933. The highest BCUT2D eigenvalue weighted by atomic mass is 32.2. The van der Waals surface area contributed by atoms with Gasteiger partial charge in [-0.05, 0) is 18.1 Å². The number of H-pyrrole nitrogens is 1. The van der Waals surface area contributed by atoms with Crippen molar-refractivity contribution in [2.45, 2.75) is 30.7 Å². The number of imidazole rings is 1. The highest BCUT2D eigenvalue weighted by molar-refractivity contribution is 7.98. The summed E-state index contributed by atoms with van der Waals surface area (Å²) in [5.41, 5.74) is 2.57. The van der Waals surface area contributed by atoms with Crippen LogP contribution in [0.15, 0.2) is 41.8 Å². The lowest BCUT2D eigenvalue weighted by atomic mass is 10.2. The van der Waals surface area contributed by atoms with E-state index in [0.29, 0.717) is 0 Å². The third-order valence-corrected chi connectivity index (χ3v) is 3.65. The second-order valence-electron chi connectivity index (χ2n) is 4.12. The Hall–Kier alpha value is -1.42. The van der Waals surface area contributed by atoms with E-state index in [2.05, 4.69) is 46.5 Å². The van der Waals surface area contributed by atoms with Gasteiger partial charge in [-0.15, -0.1) is 0 Å². The van der Waals surface area contributed by atoms with Crippen LogP contribution in [0.2, 0.25) is 0 Å². The van der Waals surface area contributed by atoms with Crippen molar-refractivity contribution in [2.24, 2.45) is 0 Å². The fraction of sp³-hybridized carbons (Fsp3) is 0.357. The van der Waals surface area contributed by atoms with Gasteiger partial charge in [-0.3, -0.25) is 0 Å². The summed E-state index contributed by atoms with van der Waals surface area (Å²) in [5.74, 6) is 0.933. The van der Waals surface area contributed by atoms with Crippen LogP contribution in [0.1, 0.15) is 25.3 Å². The van der Waals surface area contributed by atoms with Gasteiger partial charge in [-0.2, -0.15) is 0 Å². The lowest BCUT2D eigenvalue weighted by Crippen LogP contribution is -2.03.